The van der Waals surface area contributed by atoms with E-state index in [-0.39, 0.29) is 22.5 Å². The molecule has 0 aromatic heterocycles. The van der Waals surface area contributed by atoms with Gasteiger partial charge in [0.2, 0.25) is 15.9 Å². The number of hydrogen-bond acceptors (Lipinski definition) is 4. The van der Waals surface area contributed by atoms with E-state index >= 15 is 0 Å². The molecule has 0 fully saturated rings. The van der Waals surface area contributed by atoms with E-state index in [0.717, 1.165) is 0 Å². The van der Waals surface area contributed by atoms with Gasteiger partial charge in [-0.15, -0.1) is 0 Å². The van der Waals surface area contributed by atoms with Gasteiger partial charge in [-0.1, -0.05) is 13.8 Å². The van der Waals surface area contributed by atoms with E-state index in [1.54, 1.807) is 6.07 Å². The van der Waals surface area contributed by atoms with Crippen molar-refractivity contribution in [2.24, 2.45) is 11.1 Å². The zero-order valence-electron chi connectivity index (χ0n) is 11.1. The second kappa shape index (κ2) is 6.03. The number of benzene rings is 1. The van der Waals surface area contributed by atoms with Crippen molar-refractivity contribution in [3.8, 4) is 5.75 Å². The summed E-state index contributed by atoms with van der Waals surface area (Å²) in [6.45, 7) is 3.84. The Morgan fingerprint density at radius 3 is 2.53 bits per heavy atom. The molecule has 0 radical (unpaired) electrons. The molecule has 0 aliphatic carbocycles. The fourth-order valence-electron chi connectivity index (χ4n) is 1.56. The molecule has 7 heteroatoms. The Labute approximate surface area is 113 Å². The third-order valence-corrected chi connectivity index (χ3v) is 3.28. The minimum absolute atomic E-state index is 0.143. The van der Waals surface area contributed by atoms with Crippen molar-refractivity contribution in [3.63, 3.8) is 0 Å². The third-order valence-electron chi connectivity index (χ3n) is 2.35. The quantitative estimate of drug-likeness (QED) is 0.853. The summed E-state index contributed by atoms with van der Waals surface area (Å²) in [7, 11) is -2.55. The predicted molar refractivity (Wildman–Crippen MR) is 72.5 cm³/mol. The number of rotatable bonds is 5. The van der Waals surface area contributed by atoms with Crippen molar-refractivity contribution in [2.45, 2.75) is 25.2 Å². The molecule has 3 N–H and O–H groups in total. The van der Waals surface area contributed by atoms with E-state index in [1.165, 1.54) is 19.2 Å². The number of methoxy groups -OCH3 is 1. The lowest BCUT2D eigenvalue weighted by Crippen LogP contribution is -2.16. The number of amides is 1. The zero-order valence-corrected chi connectivity index (χ0v) is 12.0. The Morgan fingerprint density at radius 2 is 2.05 bits per heavy atom. The van der Waals surface area contributed by atoms with Crippen LogP contribution in [0.5, 0.6) is 5.75 Å². The van der Waals surface area contributed by atoms with Gasteiger partial charge in [-0.25, -0.2) is 13.6 Å². The van der Waals surface area contributed by atoms with Crippen LogP contribution in [0.2, 0.25) is 0 Å². The molecule has 1 rings (SSSR count). The van der Waals surface area contributed by atoms with Crippen LogP contribution in [0.4, 0.5) is 5.69 Å². The summed E-state index contributed by atoms with van der Waals surface area (Å²) in [6, 6.07) is 4.29. The molecule has 6 nitrogen and oxygen atoms in total. The van der Waals surface area contributed by atoms with E-state index in [1.807, 2.05) is 13.8 Å². The van der Waals surface area contributed by atoms with Gasteiger partial charge in [-0.2, -0.15) is 0 Å². The van der Waals surface area contributed by atoms with E-state index in [0.29, 0.717) is 12.1 Å². The predicted octanol–water partition coefficient (Wildman–Crippen LogP) is 1.33. The molecule has 1 aromatic rings. The van der Waals surface area contributed by atoms with E-state index in [2.05, 4.69) is 5.32 Å². The number of sulfonamides is 1. The third kappa shape index (κ3) is 4.53. The smallest absolute Gasteiger partial charge is 0.241 e. The summed E-state index contributed by atoms with van der Waals surface area (Å²) in [5, 5.41) is 7.72. The van der Waals surface area contributed by atoms with Crippen molar-refractivity contribution in [1.29, 1.82) is 0 Å². The summed E-state index contributed by atoms with van der Waals surface area (Å²) in [4.78, 5) is 11.5. The first kappa shape index (κ1) is 15.5. The molecule has 0 spiro atoms. The molecule has 1 amide bonds. The minimum atomic E-state index is -3.90. The Balaban J connectivity index is 3.03. The number of anilines is 1. The normalized spacial score (nSPS) is 11.4. The molecule has 106 valence electrons. The van der Waals surface area contributed by atoms with E-state index in [4.69, 9.17) is 9.88 Å². The van der Waals surface area contributed by atoms with Crippen LogP contribution in [-0.4, -0.2) is 21.4 Å². The number of ether oxygens (including phenoxy) is 1. The number of carbonyl (C=O) groups is 1. The van der Waals surface area contributed by atoms with Crippen LogP contribution in [0.15, 0.2) is 23.1 Å². The van der Waals surface area contributed by atoms with E-state index in [9.17, 15) is 13.2 Å². The molecule has 0 aliphatic rings. The largest absolute Gasteiger partial charge is 0.495 e. The minimum Gasteiger partial charge on any atom is -0.495 e. The molecular formula is C12H18N2O4S. The fraction of sp³-hybridized carbons (Fsp3) is 0.417. The number of nitrogens with one attached hydrogen (secondary N) is 1. The monoisotopic (exact) mass is 286 g/mol. The molecule has 1 aromatic carbocycles. The van der Waals surface area contributed by atoms with E-state index < -0.39 is 10.0 Å². The molecule has 0 atom stereocenters. The summed E-state index contributed by atoms with van der Waals surface area (Å²) < 4.78 is 27.8. The molecule has 0 unspecified atom stereocenters. The lowest BCUT2D eigenvalue weighted by atomic mass is 10.1. The maximum atomic E-state index is 11.6. The van der Waals surface area contributed by atoms with Gasteiger partial charge in [0.05, 0.1) is 7.11 Å². The first-order chi connectivity index (χ1) is 8.74. The second-order valence-electron chi connectivity index (χ2n) is 4.56. The summed E-state index contributed by atoms with van der Waals surface area (Å²) in [6.07, 6.45) is 0.358. The highest BCUT2D eigenvalue weighted by atomic mass is 32.2. The standard InChI is InChI=1S/C12H18N2O4S/c1-8(2)6-12(15)14-9-4-5-10(18-3)11(7-9)19(13,16)17/h4-5,7-8H,6H2,1-3H3,(H,14,15)(H2,13,16,17). The highest BCUT2D eigenvalue weighted by Gasteiger charge is 2.16. The Hall–Kier alpha value is -1.60. The molecular weight excluding hydrogens is 268 g/mol. The molecule has 0 heterocycles. The van der Waals surface area contributed by atoms with Crippen LogP contribution in [0.25, 0.3) is 0 Å². The fourth-order valence-corrected chi connectivity index (χ4v) is 2.28. The van der Waals surface area contributed by atoms with Crippen molar-refractivity contribution in [3.05, 3.63) is 18.2 Å². The molecule has 0 saturated heterocycles. The molecule has 19 heavy (non-hydrogen) atoms. The van der Waals surface area contributed by atoms with Crippen LogP contribution in [-0.2, 0) is 14.8 Å². The number of nitrogens with two attached hydrogens (primary N) is 1. The summed E-state index contributed by atoms with van der Waals surface area (Å²) in [5.74, 6) is 0.181. The van der Waals surface area contributed by atoms with Crippen molar-refractivity contribution >= 4 is 21.6 Å². The average molecular weight is 286 g/mol. The topological polar surface area (TPSA) is 98.5 Å². The SMILES string of the molecule is COc1ccc(NC(=O)CC(C)C)cc1S(N)(=O)=O. The first-order valence-electron chi connectivity index (χ1n) is 5.74. The van der Waals surface area contributed by atoms with Gasteiger partial charge < -0.3 is 10.1 Å². The lowest BCUT2D eigenvalue weighted by molar-refractivity contribution is -0.116. The maximum Gasteiger partial charge on any atom is 0.241 e. The average Bonchev–Trinajstić information content (AvgIpc) is 2.26. The number of hydrogen-bond donors (Lipinski definition) is 2. The van der Waals surface area contributed by atoms with Crippen molar-refractivity contribution in [1.82, 2.24) is 0 Å². The maximum absolute atomic E-state index is 11.6. The van der Waals surface area contributed by atoms with Crippen molar-refractivity contribution < 1.29 is 17.9 Å². The highest BCUT2D eigenvalue weighted by molar-refractivity contribution is 7.89. The second-order valence-corrected chi connectivity index (χ2v) is 6.09. The highest BCUT2D eigenvalue weighted by Crippen LogP contribution is 2.26. The van der Waals surface area contributed by atoms with Crippen LogP contribution >= 0.6 is 0 Å². The van der Waals surface area contributed by atoms with Crippen LogP contribution in [0.3, 0.4) is 0 Å². The van der Waals surface area contributed by atoms with Gasteiger partial charge in [0.1, 0.15) is 10.6 Å². The lowest BCUT2D eigenvalue weighted by Gasteiger charge is -2.11. The van der Waals surface area contributed by atoms with Gasteiger partial charge in [-0.3, -0.25) is 4.79 Å². The number of carbonyl (C=O) groups excluding carboxylic acids is 1. The van der Waals surface area contributed by atoms with Gasteiger partial charge in [0, 0.05) is 12.1 Å². The molecule has 0 aliphatic heterocycles. The van der Waals surface area contributed by atoms with Gasteiger partial charge >= 0.3 is 0 Å². The molecule has 0 saturated carbocycles. The van der Waals surface area contributed by atoms with Crippen LogP contribution in [0.1, 0.15) is 20.3 Å². The van der Waals surface area contributed by atoms with Gasteiger partial charge in [0.15, 0.2) is 0 Å². The number of primary sulfonamides is 1. The summed E-state index contributed by atoms with van der Waals surface area (Å²) >= 11 is 0. The first-order valence-corrected chi connectivity index (χ1v) is 7.29. The van der Waals surface area contributed by atoms with Crippen LogP contribution < -0.4 is 15.2 Å². The Kier molecular flexibility index (Phi) is 4.90. The zero-order chi connectivity index (χ0) is 14.6. The van der Waals surface area contributed by atoms with Gasteiger partial charge in [0.25, 0.3) is 0 Å². The summed E-state index contributed by atoms with van der Waals surface area (Å²) in [5.41, 5.74) is 0.371. The Morgan fingerprint density at radius 1 is 1.42 bits per heavy atom. The Bertz CT molecular complexity index is 567. The van der Waals surface area contributed by atoms with Gasteiger partial charge in [-0.05, 0) is 24.1 Å². The van der Waals surface area contributed by atoms with Crippen molar-refractivity contribution in [2.75, 3.05) is 12.4 Å². The molecule has 0 bridgehead atoms. The van der Waals surface area contributed by atoms with Crippen LogP contribution in [0, 0.1) is 5.92 Å².